The fraction of sp³-hybridized carbons (Fsp3) is 0.312. The highest BCUT2D eigenvalue weighted by atomic mass is 15.2. The van der Waals surface area contributed by atoms with Crippen molar-refractivity contribution in [1.29, 1.82) is 0 Å². The predicted molar refractivity (Wildman–Crippen MR) is 80.1 cm³/mol. The zero-order valence-corrected chi connectivity index (χ0v) is 11.8. The number of pyridine rings is 1. The number of hydrogen-bond acceptors (Lipinski definition) is 3. The Balaban J connectivity index is 2.20. The van der Waals surface area contributed by atoms with Crippen LogP contribution in [0.3, 0.4) is 0 Å². The van der Waals surface area contributed by atoms with E-state index in [0.29, 0.717) is 0 Å². The molecular weight excluding hydrogens is 234 g/mol. The molecule has 1 aromatic carbocycles. The summed E-state index contributed by atoms with van der Waals surface area (Å²) in [6.45, 7) is 4.91. The molecule has 0 unspecified atom stereocenters. The number of anilines is 1. The molecule has 0 saturated carbocycles. The van der Waals surface area contributed by atoms with Crippen molar-refractivity contribution in [3.63, 3.8) is 0 Å². The van der Waals surface area contributed by atoms with Gasteiger partial charge in [-0.2, -0.15) is 0 Å². The summed E-state index contributed by atoms with van der Waals surface area (Å²) in [5, 5.41) is 0. The first-order valence-corrected chi connectivity index (χ1v) is 6.55. The highest BCUT2D eigenvalue weighted by Gasteiger charge is 2.11. The fourth-order valence-electron chi connectivity index (χ4n) is 2.13. The second-order valence-corrected chi connectivity index (χ2v) is 5.05. The second kappa shape index (κ2) is 5.85. The summed E-state index contributed by atoms with van der Waals surface area (Å²) in [4.78, 5) is 6.60. The molecule has 3 nitrogen and oxygen atoms in total. The molecule has 0 fully saturated rings. The van der Waals surface area contributed by atoms with Gasteiger partial charge in [-0.25, -0.2) is 4.98 Å². The van der Waals surface area contributed by atoms with Crippen molar-refractivity contribution < 1.29 is 0 Å². The van der Waals surface area contributed by atoms with E-state index in [1.54, 1.807) is 0 Å². The normalized spacial score (nSPS) is 12.2. The summed E-state index contributed by atoms with van der Waals surface area (Å²) in [6, 6.07) is 12.5. The van der Waals surface area contributed by atoms with Gasteiger partial charge >= 0.3 is 0 Å². The quantitative estimate of drug-likeness (QED) is 0.913. The zero-order valence-electron chi connectivity index (χ0n) is 11.8. The topological polar surface area (TPSA) is 42.2 Å². The average molecular weight is 255 g/mol. The lowest BCUT2D eigenvalue weighted by Crippen LogP contribution is -2.21. The van der Waals surface area contributed by atoms with Gasteiger partial charge in [0.25, 0.3) is 0 Å². The predicted octanol–water partition coefficient (Wildman–Crippen LogP) is 3.05. The molecule has 0 spiro atoms. The lowest BCUT2D eigenvalue weighted by molar-refractivity contribution is 0.788. The van der Waals surface area contributed by atoms with E-state index in [-0.39, 0.29) is 6.04 Å². The Morgan fingerprint density at radius 1 is 1.21 bits per heavy atom. The highest BCUT2D eigenvalue weighted by Crippen LogP contribution is 2.22. The molecule has 0 bridgehead atoms. The van der Waals surface area contributed by atoms with Crippen molar-refractivity contribution in [1.82, 2.24) is 4.98 Å². The molecule has 0 aliphatic carbocycles. The van der Waals surface area contributed by atoms with Crippen molar-refractivity contribution >= 4 is 5.82 Å². The number of hydrogen-bond donors (Lipinski definition) is 1. The molecule has 0 radical (unpaired) electrons. The van der Waals surface area contributed by atoms with Gasteiger partial charge in [0.2, 0.25) is 0 Å². The van der Waals surface area contributed by atoms with Gasteiger partial charge in [0.1, 0.15) is 5.82 Å². The minimum absolute atomic E-state index is 0.0100. The minimum Gasteiger partial charge on any atom is -0.355 e. The summed E-state index contributed by atoms with van der Waals surface area (Å²) >= 11 is 0. The van der Waals surface area contributed by atoms with E-state index >= 15 is 0 Å². The molecule has 2 rings (SSSR count). The molecule has 0 saturated heterocycles. The smallest absolute Gasteiger partial charge is 0.133 e. The second-order valence-electron chi connectivity index (χ2n) is 5.05. The van der Waals surface area contributed by atoms with E-state index in [4.69, 9.17) is 5.73 Å². The maximum Gasteiger partial charge on any atom is 0.133 e. The summed E-state index contributed by atoms with van der Waals surface area (Å²) in [5.74, 6) is 0.957. The van der Waals surface area contributed by atoms with Gasteiger partial charge < -0.3 is 10.6 Å². The Morgan fingerprint density at radius 2 is 1.89 bits per heavy atom. The van der Waals surface area contributed by atoms with Crippen LogP contribution >= 0.6 is 0 Å². The number of rotatable bonds is 4. The van der Waals surface area contributed by atoms with E-state index in [9.17, 15) is 0 Å². The molecule has 3 heteroatoms. The van der Waals surface area contributed by atoms with Crippen molar-refractivity contribution in [2.75, 3.05) is 11.9 Å². The summed E-state index contributed by atoms with van der Waals surface area (Å²) in [6.07, 6.45) is 1.81. The lowest BCUT2D eigenvalue weighted by Gasteiger charge is -2.22. The minimum atomic E-state index is -0.0100. The first kappa shape index (κ1) is 13.6. The standard InChI is InChI=1S/C16H21N3/c1-12-6-8-14(9-7-12)11-19(3)16-15(13(2)17)5-4-10-18-16/h4-10,13H,11,17H2,1-3H3/t13-/m1/s1. The van der Waals surface area contributed by atoms with E-state index in [0.717, 1.165) is 17.9 Å². The Hall–Kier alpha value is -1.87. The van der Waals surface area contributed by atoms with Crippen LogP contribution in [0, 0.1) is 6.92 Å². The van der Waals surface area contributed by atoms with Crippen molar-refractivity contribution in [2.45, 2.75) is 26.4 Å². The van der Waals surface area contributed by atoms with Crippen LogP contribution < -0.4 is 10.6 Å². The first-order valence-electron chi connectivity index (χ1n) is 6.55. The number of aromatic nitrogens is 1. The van der Waals surface area contributed by atoms with Crippen LogP contribution in [0.15, 0.2) is 42.6 Å². The molecule has 100 valence electrons. The molecule has 0 aliphatic rings. The summed E-state index contributed by atoms with van der Waals surface area (Å²) in [5.41, 5.74) is 9.63. The van der Waals surface area contributed by atoms with Gasteiger partial charge in [0.05, 0.1) is 0 Å². The van der Waals surface area contributed by atoms with Gasteiger partial charge in [-0.3, -0.25) is 0 Å². The maximum absolute atomic E-state index is 6.00. The average Bonchev–Trinajstić information content (AvgIpc) is 2.41. The largest absolute Gasteiger partial charge is 0.355 e. The fourth-order valence-corrected chi connectivity index (χ4v) is 2.13. The zero-order chi connectivity index (χ0) is 13.8. The third-order valence-corrected chi connectivity index (χ3v) is 3.21. The Morgan fingerprint density at radius 3 is 2.53 bits per heavy atom. The molecule has 1 atom stereocenters. The number of nitrogens with two attached hydrogens (primary N) is 1. The number of aryl methyl sites for hydroxylation is 1. The molecule has 2 aromatic rings. The third kappa shape index (κ3) is 3.32. The summed E-state index contributed by atoms with van der Waals surface area (Å²) in [7, 11) is 2.05. The molecular formula is C16H21N3. The third-order valence-electron chi connectivity index (χ3n) is 3.21. The van der Waals surface area contributed by atoms with Crippen LogP contribution in [0.25, 0.3) is 0 Å². The monoisotopic (exact) mass is 255 g/mol. The highest BCUT2D eigenvalue weighted by molar-refractivity contribution is 5.48. The van der Waals surface area contributed by atoms with Gasteiger partial charge in [-0.05, 0) is 25.5 Å². The lowest BCUT2D eigenvalue weighted by atomic mass is 10.1. The van der Waals surface area contributed by atoms with Crippen LogP contribution in [0.2, 0.25) is 0 Å². The number of nitrogens with zero attached hydrogens (tertiary/aromatic N) is 2. The van der Waals surface area contributed by atoms with Crippen LogP contribution in [0.5, 0.6) is 0 Å². The Kier molecular flexibility index (Phi) is 4.17. The van der Waals surface area contributed by atoms with Crippen LogP contribution in [-0.4, -0.2) is 12.0 Å². The molecule has 0 amide bonds. The number of benzene rings is 1. The molecule has 2 N–H and O–H groups in total. The van der Waals surface area contributed by atoms with E-state index in [1.807, 2.05) is 32.3 Å². The molecule has 0 aliphatic heterocycles. The SMILES string of the molecule is Cc1ccc(CN(C)c2ncccc2[C@@H](C)N)cc1. The van der Waals surface area contributed by atoms with Gasteiger partial charge in [0, 0.05) is 31.4 Å². The van der Waals surface area contributed by atoms with Gasteiger partial charge in [-0.1, -0.05) is 35.9 Å². The van der Waals surface area contributed by atoms with Gasteiger partial charge in [0.15, 0.2) is 0 Å². The van der Waals surface area contributed by atoms with Crippen molar-refractivity contribution in [2.24, 2.45) is 5.73 Å². The first-order chi connectivity index (χ1) is 9.08. The molecule has 19 heavy (non-hydrogen) atoms. The van der Waals surface area contributed by atoms with Gasteiger partial charge in [-0.15, -0.1) is 0 Å². The van der Waals surface area contributed by atoms with E-state index < -0.39 is 0 Å². The Bertz CT molecular complexity index is 532. The van der Waals surface area contributed by atoms with Crippen LogP contribution in [-0.2, 0) is 6.54 Å². The van der Waals surface area contributed by atoms with Crippen molar-refractivity contribution in [3.8, 4) is 0 Å². The Labute approximate surface area is 115 Å². The van der Waals surface area contributed by atoms with Crippen LogP contribution in [0.4, 0.5) is 5.82 Å². The molecule has 1 heterocycles. The summed E-state index contributed by atoms with van der Waals surface area (Å²) < 4.78 is 0. The van der Waals surface area contributed by atoms with E-state index in [2.05, 4.69) is 41.1 Å². The van der Waals surface area contributed by atoms with Crippen LogP contribution in [0.1, 0.15) is 29.7 Å². The molecule has 1 aromatic heterocycles. The van der Waals surface area contributed by atoms with E-state index in [1.165, 1.54) is 11.1 Å². The van der Waals surface area contributed by atoms with Crippen molar-refractivity contribution in [3.05, 3.63) is 59.3 Å². The maximum atomic E-state index is 6.00.